The Morgan fingerprint density at radius 2 is 1.79 bits per heavy atom. The number of carbonyl (C=O) groups excluding carboxylic acids is 2. The Hall–Kier alpha value is -2.93. The fourth-order valence-corrected chi connectivity index (χ4v) is 3.48. The van der Waals surface area contributed by atoms with E-state index in [9.17, 15) is 9.59 Å². The zero-order chi connectivity index (χ0) is 21.0. The third-order valence-electron chi connectivity index (χ3n) is 4.87. The summed E-state index contributed by atoms with van der Waals surface area (Å²) in [6, 6.07) is 10.7. The van der Waals surface area contributed by atoms with E-state index >= 15 is 0 Å². The van der Waals surface area contributed by atoms with Crippen molar-refractivity contribution in [2.75, 3.05) is 32.8 Å². The fraction of sp³-hybridized carbons (Fsp3) is 0.333. The maximum atomic E-state index is 12.6. The number of nitrogens with zero attached hydrogens (tertiary/aromatic N) is 1. The van der Waals surface area contributed by atoms with Gasteiger partial charge < -0.3 is 24.4 Å². The zero-order valence-electron chi connectivity index (χ0n) is 16.5. The quantitative estimate of drug-likeness (QED) is 0.747. The summed E-state index contributed by atoms with van der Waals surface area (Å²) in [6.45, 7) is 0.636. The number of benzene rings is 2. The van der Waals surface area contributed by atoms with Crippen LogP contribution in [0.5, 0.6) is 17.2 Å². The molecule has 7 nitrogen and oxygen atoms in total. The van der Waals surface area contributed by atoms with E-state index in [0.717, 1.165) is 11.3 Å². The first kappa shape index (κ1) is 20.8. The molecule has 1 aliphatic rings. The van der Waals surface area contributed by atoms with E-state index in [4.69, 9.17) is 25.8 Å². The van der Waals surface area contributed by atoms with Crippen molar-refractivity contribution < 1.29 is 23.8 Å². The summed E-state index contributed by atoms with van der Waals surface area (Å²) in [5, 5.41) is 3.26. The average Bonchev–Trinajstić information content (AvgIpc) is 3.13. The highest BCUT2D eigenvalue weighted by Gasteiger charge is 2.36. The van der Waals surface area contributed by atoms with E-state index in [1.54, 1.807) is 19.2 Å². The Labute approximate surface area is 174 Å². The molecule has 2 aromatic rings. The molecule has 0 spiro atoms. The standard InChI is InChI=1S/C21H23ClN2O5/c1-27-15-6-4-13(5-7-15)11-23-21(26)14-8-20(25)24(12-14)17-9-16(22)18(28-2)10-19(17)29-3/h4-7,9-10,14H,8,11-12H2,1-3H3,(H,23,26)/t14-/m1/s1. The number of ether oxygens (including phenoxy) is 3. The summed E-state index contributed by atoms with van der Waals surface area (Å²) in [5.41, 5.74) is 1.47. The van der Waals surface area contributed by atoms with Crippen LogP contribution in [0.1, 0.15) is 12.0 Å². The zero-order valence-corrected chi connectivity index (χ0v) is 17.3. The van der Waals surface area contributed by atoms with Crippen molar-refractivity contribution in [3.63, 3.8) is 0 Å². The van der Waals surface area contributed by atoms with Crippen molar-refractivity contribution >= 4 is 29.1 Å². The molecular weight excluding hydrogens is 396 g/mol. The molecule has 8 heteroatoms. The monoisotopic (exact) mass is 418 g/mol. The largest absolute Gasteiger partial charge is 0.497 e. The SMILES string of the molecule is COc1ccc(CNC(=O)[C@@H]2CC(=O)N(c3cc(Cl)c(OC)cc3OC)C2)cc1. The maximum absolute atomic E-state index is 12.6. The van der Waals surface area contributed by atoms with Crippen LogP contribution in [0.4, 0.5) is 5.69 Å². The fourth-order valence-electron chi connectivity index (χ4n) is 3.25. The first-order valence-electron chi connectivity index (χ1n) is 9.09. The normalized spacial score (nSPS) is 15.9. The summed E-state index contributed by atoms with van der Waals surface area (Å²) < 4.78 is 15.7. The van der Waals surface area contributed by atoms with E-state index in [-0.39, 0.29) is 24.8 Å². The molecule has 0 unspecified atom stereocenters. The van der Waals surface area contributed by atoms with Crippen molar-refractivity contribution in [2.45, 2.75) is 13.0 Å². The molecule has 1 heterocycles. The van der Waals surface area contributed by atoms with E-state index in [2.05, 4.69) is 5.32 Å². The molecule has 0 radical (unpaired) electrons. The smallest absolute Gasteiger partial charge is 0.227 e. The molecule has 0 saturated carbocycles. The van der Waals surface area contributed by atoms with Gasteiger partial charge in [-0.25, -0.2) is 0 Å². The van der Waals surface area contributed by atoms with Crippen LogP contribution in [0.25, 0.3) is 0 Å². The van der Waals surface area contributed by atoms with Crippen LogP contribution >= 0.6 is 11.6 Å². The third-order valence-corrected chi connectivity index (χ3v) is 5.16. The van der Waals surface area contributed by atoms with Crippen molar-refractivity contribution in [1.82, 2.24) is 5.32 Å². The number of rotatable bonds is 7. The Morgan fingerprint density at radius 3 is 2.41 bits per heavy atom. The molecule has 1 atom stereocenters. The van der Waals surface area contributed by atoms with Crippen LogP contribution in [-0.2, 0) is 16.1 Å². The lowest BCUT2D eigenvalue weighted by atomic mass is 10.1. The highest BCUT2D eigenvalue weighted by atomic mass is 35.5. The summed E-state index contributed by atoms with van der Waals surface area (Å²) in [6.07, 6.45) is 0.126. The number of halogens is 1. The van der Waals surface area contributed by atoms with Crippen LogP contribution in [0.3, 0.4) is 0 Å². The van der Waals surface area contributed by atoms with E-state index in [0.29, 0.717) is 28.8 Å². The van der Waals surface area contributed by atoms with Gasteiger partial charge in [0.05, 0.1) is 38.0 Å². The average molecular weight is 419 g/mol. The van der Waals surface area contributed by atoms with Gasteiger partial charge in [0.2, 0.25) is 11.8 Å². The molecule has 1 N–H and O–H groups in total. The Bertz CT molecular complexity index is 901. The number of methoxy groups -OCH3 is 3. The van der Waals surface area contributed by atoms with Crippen LogP contribution < -0.4 is 24.4 Å². The van der Waals surface area contributed by atoms with Gasteiger partial charge in [0.25, 0.3) is 0 Å². The second-order valence-electron chi connectivity index (χ2n) is 6.63. The number of anilines is 1. The van der Waals surface area contributed by atoms with Gasteiger partial charge in [-0.05, 0) is 23.8 Å². The predicted octanol–water partition coefficient (Wildman–Crippen LogP) is 3.04. The number of amides is 2. The van der Waals surface area contributed by atoms with Gasteiger partial charge in [0.15, 0.2) is 0 Å². The van der Waals surface area contributed by atoms with Gasteiger partial charge >= 0.3 is 0 Å². The molecule has 0 aromatic heterocycles. The Kier molecular flexibility index (Phi) is 6.49. The lowest BCUT2D eigenvalue weighted by Gasteiger charge is -2.21. The highest BCUT2D eigenvalue weighted by molar-refractivity contribution is 6.32. The van der Waals surface area contributed by atoms with E-state index in [1.807, 2.05) is 24.3 Å². The van der Waals surface area contributed by atoms with Gasteiger partial charge in [-0.3, -0.25) is 9.59 Å². The minimum atomic E-state index is -0.452. The topological polar surface area (TPSA) is 77.1 Å². The molecule has 1 fully saturated rings. The van der Waals surface area contributed by atoms with Gasteiger partial charge in [-0.1, -0.05) is 23.7 Å². The molecule has 2 aromatic carbocycles. The van der Waals surface area contributed by atoms with Gasteiger partial charge in [0, 0.05) is 25.6 Å². The molecule has 1 aliphatic heterocycles. The summed E-state index contributed by atoms with van der Waals surface area (Å²) in [5.74, 6) is 0.881. The highest BCUT2D eigenvalue weighted by Crippen LogP contribution is 2.40. The lowest BCUT2D eigenvalue weighted by molar-refractivity contribution is -0.126. The van der Waals surface area contributed by atoms with Gasteiger partial charge in [0.1, 0.15) is 17.2 Å². The van der Waals surface area contributed by atoms with Gasteiger partial charge in [-0.2, -0.15) is 0 Å². The molecule has 3 rings (SSSR count). The molecule has 0 bridgehead atoms. The van der Waals surface area contributed by atoms with E-state index in [1.165, 1.54) is 19.1 Å². The van der Waals surface area contributed by atoms with Crippen molar-refractivity contribution in [1.29, 1.82) is 0 Å². The molecule has 1 saturated heterocycles. The summed E-state index contributed by atoms with van der Waals surface area (Å²) in [7, 11) is 4.61. The maximum Gasteiger partial charge on any atom is 0.227 e. The Morgan fingerprint density at radius 1 is 1.10 bits per heavy atom. The molecule has 29 heavy (non-hydrogen) atoms. The summed E-state index contributed by atoms with van der Waals surface area (Å²) >= 11 is 6.22. The van der Waals surface area contributed by atoms with E-state index < -0.39 is 5.92 Å². The van der Waals surface area contributed by atoms with Crippen LogP contribution in [0.15, 0.2) is 36.4 Å². The summed E-state index contributed by atoms with van der Waals surface area (Å²) in [4.78, 5) is 26.7. The molecule has 0 aliphatic carbocycles. The van der Waals surface area contributed by atoms with Crippen molar-refractivity contribution in [3.05, 3.63) is 47.0 Å². The second kappa shape index (κ2) is 9.05. The minimum Gasteiger partial charge on any atom is -0.497 e. The van der Waals surface area contributed by atoms with Crippen molar-refractivity contribution in [2.24, 2.45) is 5.92 Å². The number of carbonyl (C=O) groups is 2. The first-order chi connectivity index (χ1) is 14.0. The van der Waals surface area contributed by atoms with Gasteiger partial charge in [-0.15, -0.1) is 0 Å². The predicted molar refractivity (Wildman–Crippen MR) is 110 cm³/mol. The molecular formula is C21H23ClN2O5. The molecule has 2 amide bonds. The molecule has 154 valence electrons. The van der Waals surface area contributed by atoms with Crippen LogP contribution in [0.2, 0.25) is 5.02 Å². The second-order valence-corrected chi connectivity index (χ2v) is 7.04. The third kappa shape index (κ3) is 4.56. The Balaban J connectivity index is 1.68. The first-order valence-corrected chi connectivity index (χ1v) is 9.47. The minimum absolute atomic E-state index is 0.126. The van der Waals surface area contributed by atoms with Crippen LogP contribution in [-0.4, -0.2) is 39.7 Å². The number of hydrogen-bond acceptors (Lipinski definition) is 5. The van der Waals surface area contributed by atoms with Crippen molar-refractivity contribution in [3.8, 4) is 17.2 Å². The number of hydrogen-bond donors (Lipinski definition) is 1. The lowest BCUT2D eigenvalue weighted by Crippen LogP contribution is -2.32. The van der Waals surface area contributed by atoms with Crippen LogP contribution in [0, 0.1) is 5.92 Å². The number of nitrogens with one attached hydrogen (secondary N) is 1.